The fourth-order valence-electron chi connectivity index (χ4n) is 4.74. The summed E-state index contributed by atoms with van der Waals surface area (Å²) in [7, 11) is 4.39. The summed E-state index contributed by atoms with van der Waals surface area (Å²) in [5, 5.41) is 7.62. The molecule has 0 bridgehead atoms. The number of methoxy groups -OCH3 is 3. The average molecular weight is 591 g/mol. The summed E-state index contributed by atoms with van der Waals surface area (Å²) >= 11 is 13.2. The Labute approximate surface area is 242 Å². The third-order valence-corrected chi connectivity index (χ3v) is 7.31. The first-order chi connectivity index (χ1) is 18.9. The molecule has 40 heavy (non-hydrogen) atoms. The standard InChI is InChI=1S/C28H32Cl2N4O6/c1-28(2,3)40-27(36)34-19-11-15(25(35)39-6)10-18(19)33-26-31-13-16-9-14(7-8-17(16)32-26)22-23(29)20(37-4)12-21(38-5)24(22)30/h7-9,12-13,15,18-19H,10-11H2,1-6H3,(H,34,36)(H,31,32,33)/t15-,18-,19+/m1/s1. The molecule has 1 fully saturated rings. The van der Waals surface area contributed by atoms with Crippen LogP contribution in [0.4, 0.5) is 10.7 Å². The van der Waals surface area contributed by atoms with Crippen molar-refractivity contribution in [3.8, 4) is 22.6 Å². The van der Waals surface area contributed by atoms with E-state index in [-0.39, 0.29) is 17.9 Å². The molecule has 2 N–H and O–H groups in total. The van der Waals surface area contributed by atoms with Gasteiger partial charge in [0.25, 0.3) is 0 Å². The molecule has 0 aliphatic heterocycles. The van der Waals surface area contributed by atoms with Crippen molar-refractivity contribution in [2.24, 2.45) is 5.92 Å². The minimum Gasteiger partial charge on any atom is -0.495 e. The number of amides is 1. The van der Waals surface area contributed by atoms with Crippen LogP contribution in [0.2, 0.25) is 10.0 Å². The fourth-order valence-corrected chi connectivity index (χ4v) is 5.46. The minimum atomic E-state index is -0.655. The summed E-state index contributed by atoms with van der Waals surface area (Å²) in [5.41, 5.74) is 1.32. The predicted octanol–water partition coefficient (Wildman–Crippen LogP) is 5.88. The molecule has 1 aliphatic rings. The second-order valence-electron chi connectivity index (χ2n) is 10.4. The zero-order valence-electron chi connectivity index (χ0n) is 23.1. The maximum atomic E-state index is 12.5. The number of fused-ring (bicyclic) bond motifs is 1. The van der Waals surface area contributed by atoms with Crippen molar-refractivity contribution in [1.82, 2.24) is 15.3 Å². The molecule has 0 saturated heterocycles. The van der Waals surface area contributed by atoms with Gasteiger partial charge in [0.1, 0.15) is 17.1 Å². The number of hydrogen-bond acceptors (Lipinski definition) is 9. The van der Waals surface area contributed by atoms with Gasteiger partial charge in [0.05, 0.1) is 54.9 Å². The highest BCUT2D eigenvalue weighted by Gasteiger charge is 2.40. The predicted molar refractivity (Wildman–Crippen MR) is 153 cm³/mol. The number of rotatable bonds is 7. The Morgan fingerprint density at radius 3 is 2.23 bits per heavy atom. The van der Waals surface area contributed by atoms with Crippen molar-refractivity contribution in [2.75, 3.05) is 26.6 Å². The highest BCUT2D eigenvalue weighted by atomic mass is 35.5. The van der Waals surface area contributed by atoms with E-state index in [1.165, 1.54) is 21.3 Å². The van der Waals surface area contributed by atoms with Crippen LogP contribution in [0, 0.1) is 5.92 Å². The van der Waals surface area contributed by atoms with Crippen molar-refractivity contribution >= 4 is 52.1 Å². The monoisotopic (exact) mass is 590 g/mol. The number of carbonyl (C=O) groups is 2. The number of nitrogens with one attached hydrogen (secondary N) is 2. The number of ether oxygens (including phenoxy) is 4. The van der Waals surface area contributed by atoms with Crippen LogP contribution in [-0.4, -0.2) is 61.0 Å². The largest absolute Gasteiger partial charge is 0.495 e. The van der Waals surface area contributed by atoms with Crippen LogP contribution < -0.4 is 20.1 Å². The van der Waals surface area contributed by atoms with Gasteiger partial charge in [-0.3, -0.25) is 4.79 Å². The average Bonchev–Trinajstić information content (AvgIpc) is 3.29. The molecule has 10 nitrogen and oxygen atoms in total. The molecule has 1 aromatic heterocycles. The van der Waals surface area contributed by atoms with Crippen LogP contribution in [-0.2, 0) is 14.3 Å². The van der Waals surface area contributed by atoms with E-state index in [1.54, 1.807) is 33.0 Å². The summed E-state index contributed by atoms with van der Waals surface area (Å²) in [4.78, 5) is 33.9. The molecule has 3 aromatic rings. The number of carbonyl (C=O) groups excluding carboxylic acids is 2. The molecule has 214 valence electrons. The zero-order chi connectivity index (χ0) is 29.2. The van der Waals surface area contributed by atoms with Gasteiger partial charge in [0.2, 0.25) is 5.95 Å². The van der Waals surface area contributed by atoms with Gasteiger partial charge in [-0.15, -0.1) is 0 Å². The van der Waals surface area contributed by atoms with E-state index in [9.17, 15) is 9.59 Å². The maximum absolute atomic E-state index is 12.5. The van der Waals surface area contributed by atoms with Gasteiger partial charge >= 0.3 is 12.1 Å². The van der Waals surface area contributed by atoms with Crippen molar-refractivity contribution < 1.29 is 28.5 Å². The second-order valence-corrected chi connectivity index (χ2v) is 11.2. The van der Waals surface area contributed by atoms with Crippen LogP contribution in [0.1, 0.15) is 33.6 Å². The molecular formula is C28H32Cl2N4O6. The van der Waals surface area contributed by atoms with Gasteiger partial charge in [-0.2, -0.15) is 0 Å². The van der Waals surface area contributed by atoms with Crippen LogP contribution in [0.3, 0.4) is 0 Å². The molecule has 0 spiro atoms. The Hall–Kier alpha value is -3.50. The van der Waals surface area contributed by atoms with E-state index >= 15 is 0 Å². The van der Waals surface area contributed by atoms with Crippen LogP contribution in [0.25, 0.3) is 22.0 Å². The van der Waals surface area contributed by atoms with E-state index in [0.29, 0.717) is 51.4 Å². The van der Waals surface area contributed by atoms with Gasteiger partial charge < -0.3 is 29.6 Å². The lowest BCUT2D eigenvalue weighted by Crippen LogP contribution is -2.45. The van der Waals surface area contributed by atoms with Crippen molar-refractivity contribution in [3.05, 3.63) is 40.5 Å². The fraction of sp³-hybridized carbons (Fsp3) is 0.429. The molecular weight excluding hydrogens is 559 g/mol. The molecule has 2 aromatic carbocycles. The normalized spacial score (nSPS) is 18.8. The second kappa shape index (κ2) is 11.9. The molecule has 1 aliphatic carbocycles. The first-order valence-electron chi connectivity index (χ1n) is 12.6. The minimum absolute atomic E-state index is 0.324. The number of esters is 1. The van der Waals surface area contributed by atoms with Crippen molar-refractivity contribution in [2.45, 2.75) is 51.3 Å². The molecule has 3 atom stereocenters. The molecule has 0 unspecified atom stereocenters. The third kappa shape index (κ3) is 6.45. The molecule has 4 rings (SSSR count). The van der Waals surface area contributed by atoms with E-state index in [0.717, 1.165) is 10.9 Å². The van der Waals surface area contributed by atoms with Crippen LogP contribution in [0.15, 0.2) is 30.5 Å². The van der Waals surface area contributed by atoms with E-state index in [2.05, 4.69) is 20.6 Å². The third-order valence-electron chi connectivity index (χ3n) is 6.56. The Balaban J connectivity index is 1.60. The zero-order valence-corrected chi connectivity index (χ0v) is 24.6. The Bertz CT molecular complexity index is 1400. The van der Waals surface area contributed by atoms with Gasteiger partial charge in [-0.1, -0.05) is 29.3 Å². The number of benzene rings is 2. The maximum Gasteiger partial charge on any atom is 0.407 e. The van der Waals surface area contributed by atoms with Gasteiger partial charge in [0, 0.05) is 23.2 Å². The molecule has 1 saturated carbocycles. The summed E-state index contributed by atoms with van der Waals surface area (Å²) in [5.74, 6) is 0.500. The topological polar surface area (TPSA) is 121 Å². The smallest absolute Gasteiger partial charge is 0.407 e. The van der Waals surface area contributed by atoms with E-state index in [4.69, 9.17) is 42.1 Å². The van der Waals surface area contributed by atoms with Crippen molar-refractivity contribution in [1.29, 1.82) is 0 Å². The quantitative estimate of drug-likeness (QED) is 0.325. The molecule has 1 amide bonds. The van der Waals surface area contributed by atoms with E-state index < -0.39 is 17.7 Å². The van der Waals surface area contributed by atoms with Gasteiger partial charge in [-0.05, 0) is 51.3 Å². The number of anilines is 1. The lowest BCUT2D eigenvalue weighted by molar-refractivity contribution is -0.145. The number of nitrogens with zero attached hydrogens (tertiary/aromatic N) is 2. The number of halogens is 2. The molecule has 1 heterocycles. The highest BCUT2D eigenvalue weighted by Crippen LogP contribution is 2.46. The first kappa shape index (κ1) is 29.5. The van der Waals surface area contributed by atoms with E-state index in [1.807, 2.05) is 18.2 Å². The number of alkyl carbamates (subject to hydrolysis) is 1. The summed E-state index contributed by atoms with van der Waals surface area (Å²) in [6, 6.07) is 6.47. The highest BCUT2D eigenvalue weighted by molar-refractivity contribution is 6.41. The number of hydrogen-bond donors (Lipinski definition) is 2. The molecule has 0 radical (unpaired) electrons. The first-order valence-corrected chi connectivity index (χ1v) is 13.4. The van der Waals surface area contributed by atoms with Gasteiger partial charge in [0.15, 0.2) is 0 Å². The van der Waals surface area contributed by atoms with Crippen molar-refractivity contribution in [3.63, 3.8) is 0 Å². The lowest BCUT2D eigenvalue weighted by atomic mass is 10.0. The van der Waals surface area contributed by atoms with Crippen LogP contribution in [0.5, 0.6) is 11.5 Å². The SMILES string of the molecule is COC(=O)[C@H]1C[C@H](NC(=O)OC(C)(C)C)[C@H](Nc2ncc3cc(-c4c(Cl)c(OC)cc(OC)c4Cl)ccc3n2)C1. The summed E-state index contributed by atoms with van der Waals surface area (Å²) in [6.45, 7) is 5.36. The van der Waals surface area contributed by atoms with Gasteiger partial charge in [-0.25, -0.2) is 14.8 Å². The Morgan fingerprint density at radius 1 is 0.975 bits per heavy atom. The number of aromatic nitrogens is 2. The Kier molecular flexibility index (Phi) is 8.80. The lowest BCUT2D eigenvalue weighted by Gasteiger charge is -2.25. The molecule has 12 heteroatoms. The Morgan fingerprint density at radius 2 is 1.62 bits per heavy atom. The van der Waals surface area contributed by atoms with Crippen LogP contribution >= 0.6 is 23.2 Å². The summed E-state index contributed by atoms with van der Waals surface area (Å²) < 4.78 is 21.1. The summed E-state index contributed by atoms with van der Waals surface area (Å²) in [6.07, 6.45) is 1.94.